The summed E-state index contributed by atoms with van der Waals surface area (Å²) in [5, 5.41) is 2.79. The highest BCUT2D eigenvalue weighted by Crippen LogP contribution is 2.28. The third-order valence-electron chi connectivity index (χ3n) is 3.98. The van der Waals surface area contributed by atoms with Gasteiger partial charge in [-0.2, -0.15) is 0 Å². The smallest absolute Gasteiger partial charge is 0.336 e. The number of esters is 1. The Labute approximate surface area is 149 Å². The number of H-pyrrole nitrogens is 1. The first-order chi connectivity index (χ1) is 12.2. The van der Waals surface area contributed by atoms with Crippen LogP contribution in [0.5, 0.6) is 5.75 Å². The summed E-state index contributed by atoms with van der Waals surface area (Å²) in [5.41, 5.74) is 2.95. The van der Waals surface area contributed by atoms with Gasteiger partial charge >= 0.3 is 5.97 Å². The van der Waals surface area contributed by atoms with Gasteiger partial charge in [0.1, 0.15) is 5.75 Å². The number of fused-ring (bicyclic) bond motifs is 3. The maximum Gasteiger partial charge on any atom is 0.336 e. The first-order valence-corrected chi connectivity index (χ1v) is 8.23. The molecule has 0 aliphatic carbocycles. The van der Waals surface area contributed by atoms with E-state index in [1.807, 2.05) is 48.5 Å². The fourth-order valence-electron chi connectivity index (χ4n) is 2.78. The molecule has 1 heterocycles. The molecule has 0 unspecified atom stereocenters. The van der Waals surface area contributed by atoms with Crippen LogP contribution in [-0.4, -0.2) is 11.0 Å². The molecule has 4 rings (SSSR count). The molecule has 0 aliphatic rings. The molecule has 4 aromatic rings. The van der Waals surface area contributed by atoms with E-state index < -0.39 is 5.97 Å². The fourth-order valence-corrected chi connectivity index (χ4v) is 2.91. The van der Waals surface area contributed by atoms with Gasteiger partial charge in [0.15, 0.2) is 0 Å². The average Bonchev–Trinajstić information content (AvgIpc) is 2.99. The molecular formula is C21H14ClNO2. The van der Waals surface area contributed by atoms with Gasteiger partial charge in [0, 0.05) is 32.9 Å². The zero-order chi connectivity index (χ0) is 17.2. The number of aromatic amines is 1. The van der Waals surface area contributed by atoms with Crippen molar-refractivity contribution in [3.63, 3.8) is 0 Å². The summed E-state index contributed by atoms with van der Waals surface area (Å²) in [6, 6.07) is 20.8. The molecule has 0 radical (unpaired) electrons. The maximum atomic E-state index is 12.0. The summed E-state index contributed by atoms with van der Waals surface area (Å²) in [6.07, 6.45) is 3.10. The molecule has 0 spiro atoms. The predicted molar refractivity (Wildman–Crippen MR) is 102 cm³/mol. The number of rotatable bonds is 3. The van der Waals surface area contributed by atoms with E-state index in [0.717, 1.165) is 27.4 Å². The van der Waals surface area contributed by atoms with Crippen molar-refractivity contribution in [1.82, 2.24) is 4.98 Å². The van der Waals surface area contributed by atoms with Crippen molar-refractivity contribution in [2.75, 3.05) is 0 Å². The lowest BCUT2D eigenvalue weighted by molar-refractivity contribution is -0.128. The highest BCUT2D eigenvalue weighted by molar-refractivity contribution is 6.30. The number of nitrogens with one attached hydrogen (secondary N) is 1. The number of hydrogen-bond acceptors (Lipinski definition) is 2. The average molecular weight is 348 g/mol. The molecule has 0 fully saturated rings. The Morgan fingerprint density at radius 1 is 0.920 bits per heavy atom. The van der Waals surface area contributed by atoms with Crippen LogP contribution in [0.25, 0.3) is 27.9 Å². The zero-order valence-corrected chi connectivity index (χ0v) is 14.0. The molecule has 0 amide bonds. The predicted octanol–water partition coefficient (Wildman–Crippen LogP) is 5.59. The van der Waals surface area contributed by atoms with E-state index in [0.29, 0.717) is 10.8 Å². The van der Waals surface area contributed by atoms with Crippen molar-refractivity contribution in [3.8, 4) is 5.75 Å². The van der Waals surface area contributed by atoms with Crippen molar-refractivity contribution in [1.29, 1.82) is 0 Å². The molecule has 0 bridgehead atoms. The van der Waals surface area contributed by atoms with Crippen molar-refractivity contribution in [3.05, 3.63) is 83.4 Å². The molecule has 122 valence electrons. The Balaban J connectivity index is 1.56. The second kappa shape index (κ2) is 6.46. The molecule has 0 saturated carbocycles. The molecule has 3 nitrogen and oxygen atoms in total. The Hall–Kier alpha value is -3.04. The van der Waals surface area contributed by atoms with Crippen LogP contribution in [0.1, 0.15) is 5.56 Å². The molecule has 4 heteroatoms. The minimum atomic E-state index is -0.422. The van der Waals surface area contributed by atoms with Gasteiger partial charge in [0.2, 0.25) is 0 Å². The van der Waals surface area contributed by atoms with Crippen molar-refractivity contribution < 1.29 is 9.53 Å². The Morgan fingerprint density at radius 2 is 1.68 bits per heavy atom. The Kier molecular flexibility index (Phi) is 4.00. The summed E-state index contributed by atoms with van der Waals surface area (Å²) in [7, 11) is 0. The van der Waals surface area contributed by atoms with E-state index in [9.17, 15) is 4.79 Å². The van der Waals surface area contributed by atoms with Crippen LogP contribution in [0.15, 0.2) is 72.8 Å². The number of aromatic nitrogens is 1. The number of carbonyl (C=O) groups is 1. The summed E-state index contributed by atoms with van der Waals surface area (Å²) < 4.78 is 5.42. The number of halogens is 1. The van der Waals surface area contributed by atoms with Crippen LogP contribution in [0.2, 0.25) is 5.02 Å². The number of carbonyl (C=O) groups excluding carboxylic acids is 1. The van der Waals surface area contributed by atoms with E-state index in [2.05, 4.69) is 4.98 Å². The summed E-state index contributed by atoms with van der Waals surface area (Å²) in [5.74, 6) is 0.0946. The molecule has 1 aromatic heterocycles. The first-order valence-electron chi connectivity index (χ1n) is 7.85. The molecule has 0 saturated heterocycles. The van der Waals surface area contributed by atoms with E-state index in [4.69, 9.17) is 16.3 Å². The number of ether oxygens (including phenoxy) is 1. The number of para-hydroxylation sites is 1. The van der Waals surface area contributed by atoms with E-state index >= 15 is 0 Å². The Bertz CT molecular complexity index is 1090. The van der Waals surface area contributed by atoms with Crippen molar-refractivity contribution in [2.24, 2.45) is 0 Å². The minimum absolute atomic E-state index is 0.422. The Morgan fingerprint density at radius 3 is 2.52 bits per heavy atom. The lowest BCUT2D eigenvalue weighted by Gasteiger charge is -2.01. The van der Waals surface area contributed by atoms with Gasteiger partial charge in [-0.25, -0.2) is 4.79 Å². The second-order valence-corrected chi connectivity index (χ2v) is 6.12. The first kappa shape index (κ1) is 15.5. The van der Waals surface area contributed by atoms with Crippen molar-refractivity contribution >= 4 is 45.5 Å². The van der Waals surface area contributed by atoms with Crippen LogP contribution in [0.3, 0.4) is 0 Å². The van der Waals surface area contributed by atoms with Gasteiger partial charge < -0.3 is 9.72 Å². The number of hydrogen-bond donors (Lipinski definition) is 1. The standard InChI is InChI=1S/C21H14ClNO2/c22-15-8-5-14(6-9-15)7-12-21(24)25-16-10-11-20-18(13-16)17-3-1-2-4-19(17)23-20/h1-13,23H/b12-7+. The zero-order valence-electron chi connectivity index (χ0n) is 13.2. The van der Waals surface area contributed by atoms with E-state index in [1.165, 1.54) is 6.08 Å². The van der Waals surface area contributed by atoms with Crippen LogP contribution in [0.4, 0.5) is 0 Å². The van der Waals surface area contributed by atoms with Gasteiger partial charge in [-0.15, -0.1) is 0 Å². The SMILES string of the molecule is O=C(/C=C/c1ccc(Cl)cc1)Oc1ccc2[nH]c3ccccc3c2c1. The lowest BCUT2D eigenvalue weighted by atomic mass is 10.1. The molecule has 0 atom stereocenters. The molecule has 0 aliphatic heterocycles. The fraction of sp³-hybridized carbons (Fsp3) is 0. The van der Waals surface area contributed by atoms with Gasteiger partial charge in [-0.1, -0.05) is 41.9 Å². The molecule has 3 aromatic carbocycles. The largest absolute Gasteiger partial charge is 0.423 e. The lowest BCUT2D eigenvalue weighted by Crippen LogP contribution is -2.03. The summed E-state index contributed by atoms with van der Waals surface area (Å²) in [6.45, 7) is 0. The van der Waals surface area contributed by atoms with E-state index in [1.54, 1.807) is 24.3 Å². The van der Waals surface area contributed by atoms with Crippen LogP contribution >= 0.6 is 11.6 Å². The second-order valence-electron chi connectivity index (χ2n) is 5.68. The van der Waals surface area contributed by atoms with E-state index in [-0.39, 0.29) is 0 Å². The monoisotopic (exact) mass is 347 g/mol. The molecule has 1 N–H and O–H groups in total. The van der Waals surface area contributed by atoms with Gasteiger partial charge in [-0.3, -0.25) is 0 Å². The van der Waals surface area contributed by atoms with Crippen LogP contribution in [-0.2, 0) is 4.79 Å². The van der Waals surface area contributed by atoms with Gasteiger partial charge in [0.25, 0.3) is 0 Å². The quantitative estimate of drug-likeness (QED) is 0.298. The van der Waals surface area contributed by atoms with Crippen molar-refractivity contribution in [2.45, 2.75) is 0 Å². The third kappa shape index (κ3) is 3.28. The van der Waals surface area contributed by atoms with Crippen LogP contribution in [0, 0.1) is 0 Å². The normalized spacial score (nSPS) is 11.4. The highest BCUT2D eigenvalue weighted by atomic mass is 35.5. The highest BCUT2D eigenvalue weighted by Gasteiger charge is 2.07. The molecular weight excluding hydrogens is 334 g/mol. The topological polar surface area (TPSA) is 42.1 Å². The maximum absolute atomic E-state index is 12.0. The molecule has 25 heavy (non-hydrogen) atoms. The van der Waals surface area contributed by atoms with Crippen LogP contribution < -0.4 is 4.74 Å². The van der Waals surface area contributed by atoms with Gasteiger partial charge in [0.05, 0.1) is 0 Å². The summed E-state index contributed by atoms with van der Waals surface area (Å²) in [4.78, 5) is 15.4. The number of benzene rings is 3. The third-order valence-corrected chi connectivity index (χ3v) is 4.23. The van der Waals surface area contributed by atoms with Gasteiger partial charge in [-0.05, 0) is 48.0 Å². The summed E-state index contributed by atoms with van der Waals surface area (Å²) >= 11 is 5.84. The minimum Gasteiger partial charge on any atom is -0.423 e.